The van der Waals surface area contributed by atoms with Crippen molar-refractivity contribution >= 4 is 29.4 Å². The summed E-state index contributed by atoms with van der Waals surface area (Å²) >= 11 is 1.24. The zero-order chi connectivity index (χ0) is 12.8. The van der Waals surface area contributed by atoms with Crippen LogP contribution in [0.25, 0.3) is 0 Å². The van der Waals surface area contributed by atoms with E-state index >= 15 is 0 Å². The second-order valence-electron chi connectivity index (χ2n) is 3.17. The molecule has 5 nitrogen and oxygen atoms in total. The van der Waals surface area contributed by atoms with E-state index in [1.807, 2.05) is 0 Å². The lowest BCUT2D eigenvalue weighted by Gasteiger charge is -2.02. The third-order valence-electron chi connectivity index (χ3n) is 1.85. The lowest BCUT2D eigenvalue weighted by atomic mass is 10.3. The normalized spacial score (nSPS) is 11.2. The van der Waals surface area contributed by atoms with Crippen LogP contribution in [-0.4, -0.2) is 27.9 Å². The van der Waals surface area contributed by atoms with Crippen molar-refractivity contribution in [3.8, 4) is 0 Å². The van der Waals surface area contributed by atoms with Crippen LogP contribution in [-0.2, 0) is 9.59 Å². The largest absolute Gasteiger partial charge is 0.478 e. The molecule has 0 aliphatic carbocycles. The predicted octanol–water partition coefficient (Wildman–Crippen LogP) is 1.46. The summed E-state index contributed by atoms with van der Waals surface area (Å²) in [7, 11) is 0. The van der Waals surface area contributed by atoms with Gasteiger partial charge in [0.15, 0.2) is 0 Å². The van der Waals surface area contributed by atoms with Crippen LogP contribution in [0.2, 0.25) is 0 Å². The molecule has 0 atom stereocenters. The molecule has 0 aliphatic rings. The lowest BCUT2D eigenvalue weighted by Crippen LogP contribution is -2.06. The van der Waals surface area contributed by atoms with Crippen molar-refractivity contribution in [2.75, 3.05) is 11.5 Å². The minimum atomic E-state index is -1.26. The molecule has 0 amide bonds. The molecule has 6 heteroatoms. The molecule has 0 saturated heterocycles. The SMILES string of the molecule is Nc1ccc(SC/C(=C/C(=O)O)C(=O)O)cc1. The number of carboxylic acids is 2. The Balaban J connectivity index is 2.67. The summed E-state index contributed by atoms with van der Waals surface area (Å²) in [6, 6.07) is 6.90. The van der Waals surface area contributed by atoms with Gasteiger partial charge in [0.2, 0.25) is 0 Å². The number of nitrogens with two attached hydrogens (primary N) is 1. The van der Waals surface area contributed by atoms with Gasteiger partial charge in [-0.2, -0.15) is 0 Å². The molecule has 0 spiro atoms. The maximum atomic E-state index is 10.7. The average molecular weight is 253 g/mol. The van der Waals surface area contributed by atoms with Crippen molar-refractivity contribution in [3.63, 3.8) is 0 Å². The molecule has 17 heavy (non-hydrogen) atoms. The fourth-order valence-electron chi connectivity index (χ4n) is 1.04. The second kappa shape index (κ2) is 5.95. The Morgan fingerprint density at radius 3 is 2.29 bits per heavy atom. The van der Waals surface area contributed by atoms with Crippen molar-refractivity contribution in [1.82, 2.24) is 0 Å². The molecule has 0 heterocycles. The van der Waals surface area contributed by atoms with E-state index < -0.39 is 11.9 Å². The van der Waals surface area contributed by atoms with E-state index in [-0.39, 0.29) is 11.3 Å². The van der Waals surface area contributed by atoms with Crippen LogP contribution < -0.4 is 5.73 Å². The number of nitrogen functional groups attached to an aromatic ring is 1. The van der Waals surface area contributed by atoms with Gasteiger partial charge >= 0.3 is 11.9 Å². The first-order chi connectivity index (χ1) is 7.99. The molecule has 0 aliphatic heterocycles. The monoisotopic (exact) mass is 253 g/mol. The fraction of sp³-hybridized carbons (Fsp3) is 0.0909. The third-order valence-corrected chi connectivity index (χ3v) is 2.91. The third kappa shape index (κ3) is 4.60. The van der Waals surface area contributed by atoms with Crippen LogP contribution in [0.15, 0.2) is 40.8 Å². The Hall–Kier alpha value is -1.95. The number of hydrogen-bond donors (Lipinski definition) is 3. The molecule has 0 fully saturated rings. The summed E-state index contributed by atoms with van der Waals surface area (Å²) in [4.78, 5) is 22.0. The molecule has 1 rings (SSSR count). The first-order valence-corrected chi connectivity index (χ1v) is 5.62. The molecule has 0 saturated carbocycles. The van der Waals surface area contributed by atoms with E-state index in [0.29, 0.717) is 11.8 Å². The van der Waals surface area contributed by atoms with Crippen LogP contribution in [0.5, 0.6) is 0 Å². The number of carboxylic acid groups (broad SMARTS) is 2. The van der Waals surface area contributed by atoms with Gasteiger partial charge in [-0.15, -0.1) is 11.8 Å². The fourth-order valence-corrected chi connectivity index (χ4v) is 1.90. The Kier molecular flexibility index (Phi) is 4.59. The highest BCUT2D eigenvalue weighted by Gasteiger charge is 2.09. The Morgan fingerprint density at radius 1 is 1.24 bits per heavy atom. The summed E-state index contributed by atoms with van der Waals surface area (Å²) < 4.78 is 0. The molecule has 90 valence electrons. The number of thioether (sulfide) groups is 1. The molecule has 4 N–H and O–H groups in total. The summed E-state index contributed by atoms with van der Waals surface area (Å²) in [6.45, 7) is 0. The van der Waals surface area contributed by atoms with Gasteiger partial charge in [0.05, 0.1) is 5.57 Å². The number of carbonyl (C=O) groups is 2. The van der Waals surface area contributed by atoms with Gasteiger partial charge in [0.25, 0.3) is 0 Å². The van der Waals surface area contributed by atoms with Crippen molar-refractivity contribution in [3.05, 3.63) is 35.9 Å². The molecule has 0 aromatic heterocycles. The maximum Gasteiger partial charge on any atom is 0.332 e. The molecule has 0 radical (unpaired) electrons. The van der Waals surface area contributed by atoms with Crippen molar-refractivity contribution in [1.29, 1.82) is 0 Å². The van der Waals surface area contributed by atoms with E-state index in [0.717, 1.165) is 4.90 Å². The zero-order valence-corrected chi connectivity index (χ0v) is 9.61. The van der Waals surface area contributed by atoms with Gasteiger partial charge in [0.1, 0.15) is 0 Å². The van der Waals surface area contributed by atoms with Gasteiger partial charge in [-0.25, -0.2) is 9.59 Å². The summed E-state index contributed by atoms with van der Waals surface area (Å²) in [5.74, 6) is -2.40. The number of hydrogen-bond acceptors (Lipinski definition) is 4. The summed E-state index contributed by atoms with van der Waals surface area (Å²) in [6.07, 6.45) is 0.701. The number of rotatable bonds is 5. The van der Waals surface area contributed by atoms with Crippen molar-refractivity contribution < 1.29 is 19.8 Å². The number of benzene rings is 1. The van der Waals surface area contributed by atoms with Crippen LogP contribution in [0.4, 0.5) is 5.69 Å². The summed E-state index contributed by atoms with van der Waals surface area (Å²) in [5.41, 5.74) is 5.97. The van der Waals surface area contributed by atoms with Crippen molar-refractivity contribution in [2.45, 2.75) is 4.90 Å². The van der Waals surface area contributed by atoms with Crippen LogP contribution >= 0.6 is 11.8 Å². The highest BCUT2D eigenvalue weighted by molar-refractivity contribution is 7.99. The maximum absolute atomic E-state index is 10.7. The Morgan fingerprint density at radius 2 is 1.82 bits per heavy atom. The lowest BCUT2D eigenvalue weighted by molar-refractivity contribution is -0.135. The molecular formula is C11H11NO4S. The molecule has 0 unspecified atom stereocenters. The smallest absolute Gasteiger partial charge is 0.332 e. The molecule has 1 aromatic rings. The van der Waals surface area contributed by atoms with Crippen LogP contribution in [0.3, 0.4) is 0 Å². The highest BCUT2D eigenvalue weighted by atomic mass is 32.2. The van der Waals surface area contributed by atoms with E-state index in [2.05, 4.69) is 0 Å². The molecule has 1 aromatic carbocycles. The molecular weight excluding hydrogens is 242 g/mol. The van der Waals surface area contributed by atoms with Gasteiger partial charge < -0.3 is 15.9 Å². The first kappa shape index (κ1) is 13.1. The minimum Gasteiger partial charge on any atom is -0.478 e. The minimum absolute atomic E-state index is 0.0888. The van der Waals surface area contributed by atoms with Gasteiger partial charge in [0, 0.05) is 22.4 Å². The van der Waals surface area contributed by atoms with Gasteiger partial charge in [-0.1, -0.05) is 0 Å². The summed E-state index contributed by atoms with van der Waals surface area (Å²) in [5, 5.41) is 17.3. The van der Waals surface area contributed by atoms with Gasteiger partial charge in [-0.3, -0.25) is 0 Å². The number of aliphatic carboxylic acids is 2. The number of anilines is 1. The molecule has 0 bridgehead atoms. The Labute approximate surface area is 102 Å². The Bertz CT molecular complexity index is 453. The predicted molar refractivity (Wildman–Crippen MR) is 64.9 cm³/mol. The van der Waals surface area contributed by atoms with E-state index in [1.165, 1.54) is 11.8 Å². The average Bonchev–Trinajstić information content (AvgIpc) is 2.25. The standard InChI is InChI=1S/C11H11NO4S/c12-8-1-3-9(4-2-8)17-6-7(11(15)16)5-10(13)14/h1-5H,6,12H2,(H,13,14)(H,15,16)/b7-5-. The van der Waals surface area contributed by atoms with E-state index in [1.54, 1.807) is 24.3 Å². The van der Waals surface area contributed by atoms with E-state index in [9.17, 15) is 9.59 Å². The highest BCUT2D eigenvalue weighted by Crippen LogP contribution is 2.21. The van der Waals surface area contributed by atoms with Gasteiger partial charge in [-0.05, 0) is 24.3 Å². The van der Waals surface area contributed by atoms with Crippen LogP contribution in [0.1, 0.15) is 0 Å². The quantitative estimate of drug-likeness (QED) is 0.417. The zero-order valence-electron chi connectivity index (χ0n) is 8.79. The first-order valence-electron chi connectivity index (χ1n) is 4.64. The van der Waals surface area contributed by atoms with Crippen molar-refractivity contribution in [2.24, 2.45) is 0 Å². The van der Waals surface area contributed by atoms with Crippen LogP contribution in [0, 0.1) is 0 Å². The topological polar surface area (TPSA) is 101 Å². The van der Waals surface area contributed by atoms with E-state index in [4.69, 9.17) is 15.9 Å². The second-order valence-corrected chi connectivity index (χ2v) is 4.22.